The molecule has 1 aromatic carbocycles. The fourth-order valence-electron chi connectivity index (χ4n) is 1.04. The number of hydrogen-bond acceptors (Lipinski definition) is 3. The molecule has 0 fully saturated rings. The van der Waals surface area contributed by atoms with Gasteiger partial charge in [-0.2, -0.15) is 0 Å². The molecule has 0 aliphatic rings. The highest BCUT2D eigenvalue weighted by atomic mass is 35.5. The van der Waals surface area contributed by atoms with Crippen molar-refractivity contribution in [2.45, 2.75) is 13.0 Å². The van der Waals surface area contributed by atoms with Crippen LogP contribution in [0.1, 0.15) is 18.5 Å². The lowest BCUT2D eigenvalue weighted by molar-refractivity contribution is 0.0512. The summed E-state index contributed by atoms with van der Waals surface area (Å²) >= 11 is 5.97. The van der Waals surface area contributed by atoms with E-state index >= 15 is 0 Å². The minimum Gasteiger partial charge on any atom is -0.466 e. The lowest BCUT2D eigenvalue weighted by Gasteiger charge is -2.10. The Balaban J connectivity index is 2.79. The second-order valence-corrected chi connectivity index (χ2v) is 3.44. The Hall–Kier alpha value is -0.770. The van der Waals surface area contributed by atoms with Crippen molar-refractivity contribution in [3.05, 3.63) is 28.8 Å². The summed E-state index contributed by atoms with van der Waals surface area (Å²) in [5, 5.41) is 0.553. The zero-order valence-corrected chi connectivity index (χ0v) is 9.04. The third-order valence-electron chi connectivity index (χ3n) is 1.81. The molecule has 0 heterocycles. The Morgan fingerprint density at radius 2 is 2.21 bits per heavy atom. The van der Waals surface area contributed by atoms with Gasteiger partial charge in [-0.05, 0) is 24.6 Å². The summed E-state index contributed by atoms with van der Waals surface area (Å²) in [5.41, 5.74) is 6.69. The summed E-state index contributed by atoms with van der Waals surface area (Å²) in [6.07, 6.45) is 0. The van der Waals surface area contributed by atoms with Crippen LogP contribution in [-0.4, -0.2) is 13.9 Å². The van der Waals surface area contributed by atoms with E-state index in [0.717, 1.165) is 5.56 Å². The van der Waals surface area contributed by atoms with Crippen LogP contribution in [0.2, 0.25) is 5.02 Å². The average Bonchev–Trinajstić information content (AvgIpc) is 2.15. The number of hydrogen-bond donors (Lipinski definition) is 1. The summed E-state index contributed by atoms with van der Waals surface area (Å²) < 4.78 is 10.00. The fourth-order valence-corrected chi connectivity index (χ4v) is 1.28. The van der Waals surface area contributed by atoms with Crippen LogP contribution in [-0.2, 0) is 4.74 Å². The lowest BCUT2D eigenvalue weighted by Crippen LogP contribution is -2.05. The SMILES string of the molecule is COCOc1ccc([C@H](C)N)cc1Cl. The van der Waals surface area contributed by atoms with Gasteiger partial charge in [0, 0.05) is 13.2 Å². The van der Waals surface area contributed by atoms with Gasteiger partial charge in [-0.15, -0.1) is 0 Å². The maximum Gasteiger partial charge on any atom is 0.188 e. The number of rotatable bonds is 4. The molecule has 3 nitrogen and oxygen atoms in total. The number of methoxy groups -OCH3 is 1. The van der Waals surface area contributed by atoms with Gasteiger partial charge in [-0.1, -0.05) is 17.7 Å². The molecule has 0 spiro atoms. The maximum absolute atomic E-state index is 5.97. The average molecular weight is 216 g/mol. The van der Waals surface area contributed by atoms with Gasteiger partial charge < -0.3 is 15.2 Å². The fraction of sp³-hybridized carbons (Fsp3) is 0.400. The quantitative estimate of drug-likeness (QED) is 0.785. The first kappa shape index (κ1) is 11.3. The molecule has 1 atom stereocenters. The molecule has 1 rings (SSSR count). The summed E-state index contributed by atoms with van der Waals surface area (Å²) in [4.78, 5) is 0. The van der Waals surface area contributed by atoms with E-state index in [4.69, 9.17) is 26.8 Å². The molecule has 0 bridgehead atoms. The minimum atomic E-state index is -0.0241. The summed E-state index contributed by atoms with van der Waals surface area (Å²) in [5.74, 6) is 0.609. The van der Waals surface area contributed by atoms with Gasteiger partial charge in [0.2, 0.25) is 0 Å². The van der Waals surface area contributed by atoms with E-state index in [-0.39, 0.29) is 12.8 Å². The number of benzene rings is 1. The Morgan fingerprint density at radius 1 is 1.50 bits per heavy atom. The smallest absolute Gasteiger partial charge is 0.188 e. The maximum atomic E-state index is 5.97. The molecule has 2 N–H and O–H groups in total. The van der Waals surface area contributed by atoms with Gasteiger partial charge in [-0.25, -0.2) is 0 Å². The van der Waals surface area contributed by atoms with Crippen molar-refractivity contribution in [1.29, 1.82) is 0 Å². The summed E-state index contributed by atoms with van der Waals surface area (Å²) in [6, 6.07) is 5.46. The first-order valence-electron chi connectivity index (χ1n) is 4.32. The minimum absolute atomic E-state index is 0.0241. The first-order chi connectivity index (χ1) is 6.65. The van der Waals surface area contributed by atoms with Gasteiger partial charge in [0.15, 0.2) is 6.79 Å². The van der Waals surface area contributed by atoms with Crippen LogP contribution in [0.3, 0.4) is 0 Å². The van der Waals surface area contributed by atoms with Gasteiger partial charge in [0.25, 0.3) is 0 Å². The van der Waals surface area contributed by atoms with Crippen LogP contribution in [0, 0.1) is 0 Å². The molecule has 0 radical (unpaired) electrons. The highest BCUT2D eigenvalue weighted by Gasteiger charge is 2.05. The van der Waals surface area contributed by atoms with Crippen LogP contribution >= 0.6 is 11.6 Å². The highest BCUT2D eigenvalue weighted by Crippen LogP contribution is 2.27. The van der Waals surface area contributed by atoms with Crippen molar-refractivity contribution in [3.8, 4) is 5.75 Å². The van der Waals surface area contributed by atoms with Crippen LogP contribution in [0.4, 0.5) is 0 Å². The summed E-state index contributed by atoms with van der Waals surface area (Å²) in [6.45, 7) is 2.10. The normalized spacial score (nSPS) is 12.6. The van der Waals surface area contributed by atoms with Gasteiger partial charge in [-0.3, -0.25) is 0 Å². The Bertz CT molecular complexity index is 302. The Labute approximate surface area is 88.8 Å². The topological polar surface area (TPSA) is 44.5 Å². The zero-order chi connectivity index (χ0) is 10.6. The van der Waals surface area contributed by atoms with Crippen LogP contribution in [0.15, 0.2) is 18.2 Å². The van der Waals surface area contributed by atoms with E-state index in [1.54, 1.807) is 19.2 Å². The van der Waals surface area contributed by atoms with E-state index in [0.29, 0.717) is 10.8 Å². The molecule has 0 aromatic heterocycles. The Morgan fingerprint density at radius 3 is 2.71 bits per heavy atom. The van der Waals surface area contributed by atoms with Crippen LogP contribution < -0.4 is 10.5 Å². The summed E-state index contributed by atoms with van der Waals surface area (Å²) in [7, 11) is 1.56. The van der Waals surface area contributed by atoms with Crippen molar-refractivity contribution < 1.29 is 9.47 Å². The monoisotopic (exact) mass is 215 g/mol. The van der Waals surface area contributed by atoms with Gasteiger partial charge in [0.1, 0.15) is 5.75 Å². The molecule has 0 aliphatic carbocycles. The largest absolute Gasteiger partial charge is 0.466 e. The van der Waals surface area contributed by atoms with Crippen molar-refractivity contribution >= 4 is 11.6 Å². The molecular formula is C10H14ClNO2. The molecule has 0 saturated heterocycles. The predicted molar refractivity (Wildman–Crippen MR) is 56.6 cm³/mol. The molecule has 0 unspecified atom stereocenters. The first-order valence-corrected chi connectivity index (χ1v) is 4.69. The number of nitrogens with two attached hydrogens (primary N) is 1. The van der Waals surface area contributed by atoms with E-state index in [1.807, 2.05) is 13.0 Å². The number of ether oxygens (including phenoxy) is 2. The second-order valence-electron chi connectivity index (χ2n) is 3.03. The second kappa shape index (κ2) is 5.20. The number of halogens is 1. The van der Waals surface area contributed by atoms with Crippen molar-refractivity contribution in [2.24, 2.45) is 5.73 Å². The molecule has 0 aliphatic heterocycles. The van der Waals surface area contributed by atoms with Crippen molar-refractivity contribution in [3.63, 3.8) is 0 Å². The molecule has 0 saturated carbocycles. The highest BCUT2D eigenvalue weighted by molar-refractivity contribution is 6.32. The predicted octanol–water partition coefficient (Wildman–Crippen LogP) is 2.34. The van der Waals surface area contributed by atoms with Crippen molar-refractivity contribution in [1.82, 2.24) is 0 Å². The molecule has 14 heavy (non-hydrogen) atoms. The van der Waals surface area contributed by atoms with Crippen molar-refractivity contribution in [2.75, 3.05) is 13.9 Å². The van der Waals surface area contributed by atoms with E-state index in [1.165, 1.54) is 0 Å². The van der Waals surface area contributed by atoms with Gasteiger partial charge in [0.05, 0.1) is 5.02 Å². The lowest BCUT2D eigenvalue weighted by atomic mass is 10.1. The zero-order valence-electron chi connectivity index (χ0n) is 8.29. The van der Waals surface area contributed by atoms with E-state index in [2.05, 4.69) is 0 Å². The third kappa shape index (κ3) is 2.87. The molecular weight excluding hydrogens is 202 g/mol. The molecule has 0 amide bonds. The Kier molecular flexibility index (Phi) is 4.20. The van der Waals surface area contributed by atoms with Crippen LogP contribution in [0.5, 0.6) is 5.75 Å². The van der Waals surface area contributed by atoms with E-state index < -0.39 is 0 Å². The van der Waals surface area contributed by atoms with Crippen LogP contribution in [0.25, 0.3) is 0 Å². The molecule has 4 heteroatoms. The third-order valence-corrected chi connectivity index (χ3v) is 2.11. The standard InChI is InChI=1S/C10H14ClNO2/c1-7(12)8-3-4-10(9(11)5-8)14-6-13-2/h3-5,7H,6,12H2,1-2H3/t7-/m0/s1. The van der Waals surface area contributed by atoms with E-state index in [9.17, 15) is 0 Å². The molecule has 1 aromatic rings. The van der Waals surface area contributed by atoms with Gasteiger partial charge >= 0.3 is 0 Å². The molecule has 78 valence electrons.